The highest BCUT2D eigenvalue weighted by atomic mass is 14.8. The summed E-state index contributed by atoms with van der Waals surface area (Å²) in [5, 5.41) is 0. The Bertz CT molecular complexity index is 191. The largest absolute Gasteiger partial charge is 0.237 e. The van der Waals surface area contributed by atoms with Crippen molar-refractivity contribution in [2.75, 3.05) is 0 Å². The minimum absolute atomic E-state index is 0.764. The summed E-state index contributed by atoms with van der Waals surface area (Å²) in [6.07, 6.45) is 7.22. The average Bonchev–Trinajstić information content (AvgIpc) is 1.91. The topological polar surface area (TPSA) is 25.8 Å². The lowest BCUT2D eigenvalue weighted by Gasteiger charge is -1.85. The van der Waals surface area contributed by atoms with Crippen molar-refractivity contribution < 1.29 is 0 Å². The fourth-order valence-electron chi connectivity index (χ4n) is 0.546. The standard InChI is InChI=1S/C7H8N2/c1-2-4-7-8-5-3-6-9-7/h2-6H,1H3. The predicted octanol–water partition coefficient (Wildman–Crippen LogP) is 1.51. The fourth-order valence-corrected chi connectivity index (χ4v) is 0.546. The number of aromatic nitrogens is 2. The van der Waals surface area contributed by atoms with Crippen LogP contribution in [0.25, 0.3) is 6.08 Å². The van der Waals surface area contributed by atoms with Crippen LogP contribution >= 0.6 is 0 Å². The van der Waals surface area contributed by atoms with Gasteiger partial charge in [0.1, 0.15) is 0 Å². The van der Waals surface area contributed by atoms with Crippen LogP contribution in [0.5, 0.6) is 0 Å². The number of rotatable bonds is 1. The van der Waals surface area contributed by atoms with E-state index in [4.69, 9.17) is 0 Å². The zero-order chi connectivity index (χ0) is 6.53. The summed E-state index contributed by atoms with van der Waals surface area (Å²) in [6.45, 7) is 1.94. The Morgan fingerprint density at radius 3 is 2.56 bits per heavy atom. The van der Waals surface area contributed by atoms with Crippen molar-refractivity contribution in [1.29, 1.82) is 0 Å². The van der Waals surface area contributed by atoms with E-state index >= 15 is 0 Å². The van der Waals surface area contributed by atoms with Crippen molar-refractivity contribution in [3.05, 3.63) is 30.4 Å². The third-order valence-corrected chi connectivity index (χ3v) is 0.901. The van der Waals surface area contributed by atoms with Crippen LogP contribution in [-0.2, 0) is 0 Å². The first-order valence-electron chi connectivity index (χ1n) is 2.83. The Balaban J connectivity index is 2.85. The average molecular weight is 120 g/mol. The summed E-state index contributed by atoms with van der Waals surface area (Å²) in [4.78, 5) is 7.94. The van der Waals surface area contributed by atoms with Gasteiger partial charge in [0.25, 0.3) is 0 Å². The molecule has 0 saturated heterocycles. The van der Waals surface area contributed by atoms with Crippen molar-refractivity contribution >= 4 is 6.08 Å². The lowest BCUT2D eigenvalue weighted by Crippen LogP contribution is -1.81. The maximum Gasteiger partial charge on any atom is 0.151 e. The maximum atomic E-state index is 3.97. The molecule has 2 nitrogen and oxygen atoms in total. The molecule has 0 aliphatic carbocycles. The minimum Gasteiger partial charge on any atom is -0.237 e. The molecule has 46 valence electrons. The van der Waals surface area contributed by atoms with Crippen molar-refractivity contribution in [2.45, 2.75) is 6.92 Å². The number of hydrogen-bond acceptors (Lipinski definition) is 2. The van der Waals surface area contributed by atoms with Gasteiger partial charge in [-0.2, -0.15) is 0 Å². The summed E-state index contributed by atoms with van der Waals surface area (Å²) in [6, 6.07) is 1.80. The first-order valence-corrected chi connectivity index (χ1v) is 2.83. The second-order valence-electron chi connectivity index (χ2n) is 1.61. The number of allylic oxidation sites excluding steroid dienone is 1. The molecule has 0 amide bonds. The lowest BCUT2D eigenvalue weighted by molar-refractivity contribution is 1.13. The molecule has 1 heterocycles. The second-order valence-corrected chi connectivity index (χ2v) is 1.61. The van der Waals surface area contributed by atoms with Gasteiger partial charge in [-0.05, 0) is 19.1 Å². The smallest absolute Gasteiger partial charge is 0.151 e. The Hall–Kier alpha value is -1.18. The van der Waals surface area contributed by atoms with E-state index in [-0.39, 0.29) is 0 Å². The van der Waals surface area contributed by atoms with Crippen LogP contribution in [-0.4, -0.2) is 9.97 Å². The van der Waals surface area contributed by atoms with Gasteiger partial charge in [-0.15, -0.1) is 0 Å². The van der Waals surface area contributed by atoms with E-state index in [1.807, 2.05) is 19.1 Å². The Morgan fingerprint density at radius 2 is 2.00 bits per heavy atom. The molecular formula is C7H8N2. The second kappa shape index (κ2) is 2.97. The molecule has 9 heavy (non-hydrogen) atoms. The molecule has 0 saturated carbocycles. The molecule has 0 aromatic carbocycles. The normalized spacial score (nSPS) is 10.3. The molecule has 0 N–H and O–H groups in total. The van der Waals surface area contributed by atoms with E-state index in [1.165, 1.54) is 0 Å². The predicted molar refractivity (Wildman–Crippen MR) is 36.7 cm³/mol. The van der Waals surface area contributed by atoms with Gasteiger partial charge in [0.05, 0.1) is 0 Å². The van der Waals surface area contributed by atoms with Gasteiger partial charge in [-0.3, -0.25) is 0 Å². The highest BCUT2D eigenvalue weighted by Gasteiger charge is 1.80. The van der Waals surface area contributed by atoms with Gasteiger partial charge in [0.2, 0.25) is 0 Å². The van der Waals surface area contributed by atoms with E-state index in [0.29, 0.717) is 0 Å². The summed E-state index contributed by atoms with van der Waals surface area (Å²) >= 11 is 0. The number of nitrogens with zero attached hydrogens (tertiary/aromatic N) is 2. The number of hydrogen-bond donors (Lipinski definition) is 0. The molecule has 0 aliphatic rings. The van der Waals surface area contributed by atoms with E-state index < -0.39 is 0 Å². The zero-order valence-corrected chi connectivity index (χ0v) is 5.28. The maximum absolute atomic E-state index is 3.97. The summed E-state index contributed by atoms with van der Waals surface area (Å²) in [7, 11) is 0. The van der Waals surface area contributed by atoms with Crippen LogP contribution in [0, 0.1) is 0 Å². The van der Waals surface area contributed by atoms with Gasteiger partial charge < -0.3 is 0 Å². The summed E-state index contributed by atoms with van der Waals surface area (Å²) in [5.74, 6) is 0.764. The molecule has 1 aromatic heterocycles. The van der Waals surface area contributed by atoms with Gasteiger partial charge in [0, 0.05) is 12.4 Å². The van der Waals surface area contributed by atoms with E-state index in [2.05, 4.69) is 9.97 Å². The molecular weight excluding hydrogens is 112 g/mol. The van der Waals surface area contributed by atoms with E-state index in [1.54, 1.807) is 18.5 Å². The van der Waals surface area contributed by atoms with Crippen LogP contribution in [0.3, 0.4) is 0 Å². The van der Waals surface area contributed by atoms with E-state index in [0.717, 1.165) is 5.82 Å². The van der Waals surface area contributed by atoms with Gasteiger partial charge >= 0.3 is 0 Å². The first-order chi connectivity index (χ1) is 4.43. The molecule has 1 rings (SSSR count). The molecule has 0 radical (unpaired) electrons. The molecule has 1 aromatic rings. The van der Waals surface area contributed by atoms with Gasteiger partial charge in [-0.25, -0.2) is 9.97 Å². The van der Waals surface area contributed by atoms with Crippen molar-refractivity contribution in [2.24, 2.45) is 0 Å². The van der Waals surface area contributed by atoms with Crippen LogP contribution < -0.4 is 0 Å². The van der Waals surface area contributed by atoms with E-state index in [9.17, 15) is 0 Å². The van der Waals surface area contributed by atoms with Crippen molar-refractivity contribution in [3.8, 4) is 0 Å². The monoisotopic (exact) mass is 120 g/mol. The zero-order valence-electron chi connectivity index (χ0n) is 5.28. The molecule has 2 heteroatoms. The molecule has 0 aliphatic heterocycles. The third kappa shape index (κ3) is 1.64. The lowest BCUT2D eigenvalue weighted by atomic mass is 10.5. The quantitative estimate of drug-likeness (QED) is 0.561. The molecule has 0 fully saturated rings. The Morgan fingerprint density at radius 1 is 1.33 bits per heavy atom. The minimum atomic E-state index is 0.764. The summed E-state index contributed by atoms with van der Waals surface area (Å²) in [5.41, 5.74) is 0. The van der Waals surface area contributed by atoms with Crippen LogP contribution in [0.1, 0.15) is 12.7 Å². The van der Waals surface area contributed by atoms with Gasteiger partial charge in [-0.1, -0.05) is 6.08 Å². The first kappa shape index (κ1) is 5.95. The SMILES string of the molecule is CC=Cc1ncccn1. The van der Waals surface area contributed by atoms with Crippen molar-refractivity contribution in [1.82, 2.24) is 9.97 Å². The molecule has 0 spiro atoms. The Kier molecular flexibility index (Phi) is 1.96. The van der Waals surface area contributed by atoms with Crippen LogP contribution in [0.4, 0.5) is 0 Å². The Labute approximate surface area is 54.3 Å². The highest BCUT2D eigenvalue weighted by molar-refractivity contribution is 5.37. The van der Waals surface area contributed by atoms with Crippen molar-refractivity contribution in [3.63, 3.8) is 0 Å². The third-order valence-electron chi connectivity index (χ3n) is 0.901. The molecule has 0 atom stereocenters. The van der Waals surface area contributed by atoms with Gasteiger partial charge in [0.15, 0.2) is 5.82 Å². The fraction of sp³-hybridized carbons (Fsp3) is 0.143. The molecule has 0 bridgehead atoms. The summed E-state index contributed by atoms with van der Waals surface area (Å²) < 4.78 is 0. The van der Waals surface area contributed by atoms with Crippen LogP contribution in [0.15, 0.2) is 24.5 Å². The molecule has 0 unspecified atom stereocenters. The highest BCUT2D eigenvalue weighted by Crippen LogP contribution is 1.88. The van der Waals surface area contributed by atoms with Crippen LogP contribution in [0.2, 0.25) is 0 Å².